The van der Waals surface area contributed by atoms with Gasteiger partial charge in [0.05, 0.1) is 18.7 Å². The molecule has 0 aliphatic heterocycles. The average Bonchev–Trinajstić information content (AvgIpc) is 2.17. The minimum Gasteiger partial charge on any atom is -0.394 e. The third-order valence-corrected chi connectivity index (χ3v) is 2.04. The van der Waals surface area contributed by atoms with E-state index in [1.54, 1.807) is 19.1 Å². The molecule has 0 fully saturated rings. The van der Waals surface area contributed by atoms with Crippen molar-refractivity contribution in [2.45, 2.75) is 26.3 Å². The fourth-order valence-electron chi connectivity index (χ4n) is 1.13. The second-order valence-corrected chi connectivity index (χ2v) is 4.08. The van der Waals surface area contributed by atoms with E-state index in [0.29, 0.717) is 17.2 Å². The number of rotatable bonds is 3. The molecule has 1 aromatic heterocycles. The van der Waals surface area contributed by atoms with Crippen LogP contribution in [0.15, 0.2) is 12.1 Å². The summed E-state index contributed by atoms with van der Waals surface area (Å²) in [6, 6.07) is 3.48. The Morgan fingerprint density at radius 2 is 2.20 bits per heavy atom. The minimum absolute atomic E-state index is 0.0261. The molecule has 1 heterocycles. The van der Waals surface area contributed by atoms with Gasteiger partial charge in [0.15, 0.2) is 0 Å². The Morgan fingerprint density at radius 3 is 2.67 bits per heavy atom. The first-order chi connectivity index (χ1) is 6.98. The minimum atomic E-state index is -0.404. The fraction of sp³-hybridized carbons (Fsp3) is 0.455. The van der Waals surface area contributed by atoms with Crippen LogP contribution in [-0.2, 0) is 0 Å². The molecule has 2 N–H and O–H groups in total. The summed E-state index contributed by atoms with van der Waals surface area (Å²) in [4.78, 5) is 7.58. The van der Waals surface area contributed by atoms with E-state index in [4.69, 9.17) is 11.7 Å². The van der Waals surface area contributed by atoms with Gasteiger partial charge in [-0.1, -0.05) is 6.07 Å². The van der Waals surface area contributed by atoms with Crippen molar-refractivity contribution in [3.63, 3.8) is 0 Å². The van der Waals surface area contributed by atoms with Crippen molar-refractivity contribution in [2.24, 2.45) is 0 Å². The summed E-state index contributed by atoms with van der Waals surface area (Å²) in [6.45, 7) is 12.5. The molecular weight excluding hydrogens is 190 g/mol. The lowest BCUT2D eigenvalue weighted by molar-refractivity contribution is 0.234. The molecule has 0 saturated heterocycles. The summed E-state index contributed by atoms with van der Waals surface area (Å²) in [6.07, 6.45) is 0. The molecule has 0 aliphatic rings. The molecule has 4 nitrogen and oxygen atoms in total. The highest BCUT2D eigenvalue weighted by Gasteiger charge is 2.16. The molecule has 15 heavy (non-hydrogen) atoms. The molecule has 0 radical (unpaired) electrons. The van der Waals surface area contributed by atoms with Crippen molar-refractivity contribution in [2.75, 3.05) is 11.9 Å². The second kappa shape index (κ2) is 4.28. The molecule has 0 saturated carbocycles. The van der Waals surface area contributed by atoms with Gasteiger partial charge in [0.25, 0.3) is 0 Å². The van der Waals surface area contributed by atoms with Gasteiger partial charge >= 0.3 is 0 Å². The van der Waals surface area contributed by atoms with E-state index in [0.717, 1.165) is 0 Å². The molecule has 0 spiro atoms. The lowest BCUT2D eigenvalue weighted by Gasteiger charge is -2.24. The first-order valence-electron chi connectivity index (χ1n) is 4.72. The third-order valence-electron chi connectivity index (χ3n) is 2.04. The Hall–Kier alpha value is -1.60. The van der Waals surface area contributed by atoms with Crippen LogP contribution < -0.4 is 5.32 Å². The molecular formula is C11H15N3O. The predicted octanol–water partition coefficient (Wildman–Crippen LogP) is 2.12. The van der Waals surface area contributed by atoms with Gasteiger partial charge in [-0.2, -0.15) is 0 Å². The van der Waals surface area contributed by atoms with Crippen molar-refractivity contribution in [3.05, 3.63) is 29.2 Å². The van der Waals surface area contributed by atoms with E-state index in [2.05, 4.69) is 15.1 Å². The number of nitrogens with one attached hydrogen (secondary N) is 1. The zero-order valence-corrected chi connectivity index (χ0v) is 9.20. The van der Waals surface area contributed by atoms with Crippen LogP contribution in [0, 0.1) is 13.5 Å². The van der Waals surface area contributed by atoms with Crippen molar-refractivity contribution in [3.8, 4) is 0 Å². The predicted molar refractivity (Wildman–Crippen MR) is 60.0 cm³/mol. The number of pyridine rings is 1. The van der Waals surface area contributed by atoms with Gasteiger partial charge in [-0.3, -0.25) is 0 Å². The number of hydrogen-bond donors (Lipinski definition) is 2. The van der Waals surface area contributed by atoms with E-state index >= 15 is 0 Å². The fourth-order valence-corrected chi connectivity index (χ4v) is 1.13. The quantitative estimate of drug-likeness (QED) is 0.743. The van der Waals surface area contributed by atoms with Crippen LogP contribution in [0.25, 0.3) is 4.85 Å². The van der Waals surface area contributed by atoms with Gasteiger partial charge in [-0.05, 0) is 26.8 Å². The Bertz CT molecular complexity index is 393. The number of nitrogens with zero attached hydrogens (tertiary/aromatic N) is 2. The summed E-state index contributed by atoms with van der Waals surface area (Å²) >= 11 is 0. The normalized spacial score (nSPS) is 10.9. The van der Waals surface area contributed by atoms with Gasteiger partial charge < -0.3 is 10.4 Å². The number of aliphatic hydroxyl groups excluding tert-OH is 1. The molecule has 0 unspecified atom stereocenters. The lowest BCUT2D eigenvalue weighted by atomic mass is 10.1. The van der Waals surface area contributed by atoms with Crippen LogP contribution in [0.4, 0.5) is 11.5 Å². The topological polar surface area (TPSA) is 49.5 Å². The van der Waals surface area contributed by atoms with Crippen LogP contribution in [0.1, 0.15) is 19.5 Å². The Morgan fingerprint density at radius 1 is 1.53 bits per heavy atom. The monoisotopic (exact) mass is 205 g/mol. The Kier molecular flexibility index (Phi) is 3.28. The van der Waals surface area contributed by atoms with Crippen LogP contribution in [0.3, 0.4) is 0 Å². The van der Waals surface area contributed by atoms with E-state index in [1.807, 2.05) is 13.8 Å². The van der Waals surface area contributed by atoms with E-state index < -0.39 is 5.54 Å². The number of hydrogen-bond acceptors (Lipinski definition) is 3. The van der Waals surface area contributed by atoms with E-state index in [1.165, 1.54) is 0 Å². The highest BCUT2D eigenvalue weighted by molar-refractivity contribution is 5.53. The smallest absolute Gasteiger partial charge is 0.208 e. The zero-order valence-electron chi connectivity index (χ0n) is 9.20. The molecule has 4 heteroatoms. The first kappa shape index (κ1) is 11.5. The maximum absolute atomic E-state index is 9.09. The van der Waals surface area contributed by atoms with Crippen LogP contribution in [-0.4, -0.2) is 22.2 Å². The zero-order chi connectivity index (χ0) is 11.5. The standard InChI is InChI=1S/C11H15N3O/c1-8-9(12-4)5-6-10(13-8)14-11(2,3)7-15/h5-6,15H,7H2,1-3H3,(H,13,14). The summed E-state index contributed by atoms with van der Waals surface area (Å²) in [5.74, 6) is 0.680. The third kappa shape index (κ3) is 2.93. The molecule has 0 atom stereocenters. The first-order valence-corrected chi connectivity index (χ1v) is 4.72. The molecule has 0 amide bonds. The van der Waals surface area contributed by atoms with Gasteiger partial charge in [-0.15, -0.1) is 0 Å². The summed E-state index contributed by atoms with van der Waals surface area (Å²) in [5.41, 5.74) is 0.852. The molecule has 1 rings (SSSR count). The maximum atomic E-state index is 9.09. The lowest BCUT2D eigenvalue weighted by Crippen LogP contribution is -2.35. The highest BCUT2D eigenvalue weighted by Crippen LogP contribution is 2.20. The van der Waals surface area contributed by atoms with Crippen LogP contribution in [0.2, 0.25) is 0 Å². The number of anilines is 1. The number of aryl methyl sites for hydroxylation is 1. The Balaban J connectivity index is 2.90. The molecule has 1 aromatic rings. The molecule has 80 valence electrons. The van der Waals surface area contributed by atoms with E-state index in [-0.39, 0.29) is 6.61 Å². The molecule has 0 aliphatic carbocycles. The maximum Gasteiger partial charge on any atom is 0.208 e. The van der Waals surface area contributed by atoms with Gasteiger partial charge in [0.1, 0.15) is 5.82 Å². The second-order valence-electron chi connectivity index (χ2n) is 4.08. The van der Waals surface area contributed by atoms with Crippen molar-refractivity contribution in [1.29, 1.82) is 0 Å². The Labute approximate surface area is 89.8 Å². The van der Waals surface area contributed by atoms with Crippen LogP contribution in [0.5, 0.6) is 0 Å². The summed E-state index contributed by atoms with van der Waals surface area (Å²) < 4.78 is 0. The van der Waals surface area contributed by atoms with E-state index in [9.17, 15) is 0 Å². The van der Waals surface area contributed by atoms with Crippen LogP contribution >= 0.6 is 0 Å². The van der Waals surface area contributed by atoms with Crippen molar-refractivity contribution < 1.29 is 5.11 Å². The van der Waals surface area contributed by atoms with Gasteiger partial charge in [-0.25, -0.2) is 9.83 Å². The molecule has 0 aromatic carbocycles. The van der Waals surface area contributed by atoms with Crippen molar-refractivity contribution in [1.82, 2.24) is 4.98 Å². The van der Waals surface area contributed by atoms with Gasteiger partial charge in [0, 0.05) is 5.69 Å². The summed E-state index contributed by atoms with van der Waals surface area (Å²) in [5, 5.41) is 12.2. The average molecular weight is 205 g/mol. The number of aliphatic hydroxyl groups is 1. The highest BCUT2D eigenvalue weighted by atomic mass is 16.3. The van der Waals surface area contributed by atoms with Crippen molar-refractivity contribution >= 4 is 11.5 Å². The SMILES string of the molecule is [C-]#[N+]c1ccc(NC(C)(C)CO)nc1C. The molecule has 0 bridgehead atoms. The van der Waals surface area contributed by atoms with Gasteiger partial charge in [0.2, 0.25) is 5.69 Å². The largest absolute Gasteiger partial charge is 0.394 e. The number of aromatic nitrogens is 1. The summed E-state index contributed by atoms with van der Waals surface area (Å²) in [7, 11) is 0.